The van der Waals surface area contributed by atoms with Gasteiger partial charge in [-0.2, -0.15) is 5.10 Å². The smallest absolute Gasteiger partial charge is 0.408 e. The molecule has 36 heavy (non-hydrogen) atoms. The molecular weight excluding hydrogens is 462 g/mol. The van der Waals surface area contributed by atoms with E-state index >= 15 is 0 Å². The SMILES string of the molecule is CC(C)CC(NC(=O)OCc1ccccc1)C(=O)NC1Cc2cn[nH]c2CCCCCNC(=O)C1=O. The molecule has 0 saturated carbocycles. The highest BCUT2D eigenvalue weighted by molar-refractivity contribution is 6.38. The van der Waals surface area contributed by atoms with Gasteiger partial charge in [0.05, 0.1) is 6.20 Å². The number of amides is 3. The van der Waals surface area contributed by atoms with Crippen LogP contribution < -0.4 is 16.0 Å². The Hall–Kier alpha value is -3.69. The standard InChI is InChI=1S/C26H35N5O5/c1-17(2)13-22(30-26(35)36-16-18-9-5-3-6-10-18)24(33)29-21-14-19-15-28-31-20(19)11-7-4-8-12-27-25(34)23(21)32/h3,5-6,9-10,15,17,21-22H,4,7-8,11-14,16H2,1-2H3,(H,27,34)(H,28,31)(H,29,33)(H,30,35). The maximum Gasteiger partial charge on any atom is 0.408 e. The number of aromatic nitrogens is 2. The molecule has 1 aliphatic rings. The summed E-state index contributed by atoms with van der Waals surface area (Å²) >= 11 is 0. The first-order valence-corrected chi connectivity index (χ1v) is 12.4. The third-order valence-electron chi connectivity index (χ3n) is 6.01. The normalized spacial score (nSPS) is 17.7. The molecule has 3 rings (SSSR count). The predicted molar refractivity (Wildman–Crippen MR) is 133 cm³/mol. The number of ether oxygens (including phenoxy) is 1. The molecule has 194 valence electrons. The van der Waals surface area contributed by atoms with Crippen LogP contribution in [-0.4, -0.2) is 52.5 Å². The highest BCUT2D eigenvalue weighted by Crippen LogP contribution is 2.14. The van der Waals surface area contributed by atoms with Gasteiger partial charge in [-0.1, -0.05) is 50.6 Å². The van der Waals surface area contributed by atoms with Gasteiger partial charge in [0.15, 0.2) is 0 Å². The fourth-order valence-corrected chi connectivity index (χ4v) is 4.09. The number of aromatic amines is 1. The molecule has 0 fully saturated rings. The number of hydrogen-bond donors (Lipinski definition) is 4. The predicted octanol–water partition coefficient (Wildman–Crippen LogP) is 2.19. The van der Waals surface area contributed by atoms with Crippen LogP contribution in [0.3, 0.4) is 0 Å². The van der Waals surface area contributed by atoms with Crippen LogP contribution in [0.2, 0.25) is 0 Å². The zero-order valence-electron chi connectivity index (χ0n) is 20.8. The van der Waals surface area contributed by atoms with E-state index in [1.165, 1.54) is 0 Å². The molecule has 0 bridgehead atoms. The van der Waals surface area contributed by atoms with Gasteiger partial charge in [-0.25, -0.2) is 4.79 Å². The summed E-state index contributed by atoms with van der Waals surface area (Å²) in [5, 5.41) is 15.0. The Morgan fingerprint density at radius 3 is 2.67 bits per heavy atom. The molecule has 2 atom stereocenters. The van der Waals surface area contributed by atoms with Crippen molar-refractivity contribution in [1.82, 2.24) is 26.1 Å². The minimum atomic E-state index is -1.09. The van der Waals surface area contributed by atoms with Gasteiger partial charge >= 0.3 is 6.09 Å². The highest BCUT2D eigenvalue weighted by Gasteiger charge is 2.32. The zero-order chi connectivity index (χ0) is 25.9. The lowest BCUT2D eigenvalue weighted by Crippen LogP contribution is -2.55. The number of alkyl carbamates (subject to hydrolysis) is 1. The van der Waals surface area contributed by atoms with Gasteiger partial charge in [-0.05, 0) is 42.7 Å². The fraction of sp³-hybridized carbons (Fsp3) is 0.500. The first-order valence-electron chi connectivity index (χ1n) is 12.4. The minimum Gasteiger partial charge on any atom is -0.445 e. The third kappa shape index (κ3) is 8.21. The second-order valence-electron chi connectivity index (χ2n) is 9.46. The Bertz CT molecular complexity index is 1040. The number of aryl methyl sites for hydroxylation is 1. The van der Waals surface area contributed by atoms with Crippen LogP contribution in [0.1, 0.15) is 56.4 Å². The molecule has 2 heterocycles. The molecule has 0 saturated heterocycles. The van der Waals surface area contributed by atoms with E-state index in [-0.39, 0.29) is 18.9 Å². The number of H-pyrrole nitrogens is 1. The lowest BCUT2D eigenvalue weighted by molar-refractivity contribution is -0.140. The average Bonchev–Trinajstić information content (AvgIpc) is 3.29. The Morgan fingerprint density at radius 2 is 1.92 bits per heavy atom. The number of benzene rings is 1. The molecule has 0 radical (unpaired) electrons. The first-order chi connectivity index (χ1) is 17.3. The lowest BCUT2D eigenvalue weighted by Gasteiger charge is -2.24. The summed E-state index contributed by atoms with van der Waals surface area (Å²) in [4.78, 5) is 51.2. The van der Waals surface area contributed by atoms with Gasteiger partial charge in [0.1, 0.15) is 18.7 Å². The van der Waals surface area contributed by atoms with Gasteiger partial charge in [0, 0.05) is 18.7 Å². The van der Waals surface area contributed by atoms with Crippen LogP contribution in [0.25, 0.3) is 0 Å². The van der Waals surface area contributed by atoms with Crippen molar-refractivity contribution in [2.45, 2.75) is 71.1 Å². The van der Waals surface area contributed by atoms with Crippen molar-refractivity contribution in [3.05, 3.63) is 53.3 Å². The van der Waals surface area contributed by atoms with Crippen molar-refractivity contribution >= 4 is 23.7 Å². The second-order valence-corrected chi connectivity index (χ2v) is 9.46. The summed E-state index contributed by atoms with van der Waals surface area (Å²) in [6.07, 6.45) is 4.69. The van der Waals surface area contributed by atoms with E-state index in [0.29, 0.717) is 13.0 Å². The first kappa shape index (κ1) is 26.9. The molecule has 2 aromatic rings. The molecule has 0 aliphatic carbocycles. The Morgan fingerprint density at radius 1 is 1.14 bits per heavy atom. The molecular formula is C26H35N5O5. The molecule has 10 heteroatoms. The summed E-state index contributed by atoms with van der Waals surface area (Å²) in [5.41, 5.74) is 2.49. The quantitative estimate of drug-likeness (QED) is 0.432. The summed E-state index contributed by atoms with van der Waals surface area (Å²) in [7, 11) is 0. The fourth-order valence-electron chi connectivity index (χ4n) is 4.09. The number of ketones is 1. The molecule has 10 nitrogen and oxygen atoms in total. The van der Waals surface area contributed by atoms with Crippen LogP contribution in [-0.2, 0) is 38.6 Å². The van der Waals surface area contributed by atoms with E-state index < -0.39 is 35.8 Å². The number of fused-ring (bicyclic) bond motifs is 1. The lowest BCUT2D eigenvalue weighted by atomic mass is 9.98. The van der Waals surface area contributed by atoms with Crippen LogP contribution in [0.15, 0.2) is 36.5 Å². The molecule has 4 N–H and O–H groups in total. The molecule has 3 amide bonds. The summed E-state index contributed by atoms with van der Waals surface area (Å²) < 4.78 is 5.27. The Labute approximate surface area is 210 Å². The molecule has 1 aromatic carbocycles. The molecule has 1 aromatic heterocycles. The van der Waals surface area contributed by atoms with Crippen molar-refractivity contribution in [1.29, 1.82) is 0 Å². The monoisotopic (exact) mass is 497 g/mol. The van der Waals surface area contributed by atoms with Crippen molar-refractivity contribution in [2.75, 3.05) is 6.54 Å². The Kier molecular flexibility index (Phi) is 10.0. The molecule has 2 unspecified atom stereocenters. The van der Waals surface area contributed by atoms with Gasteiger partial charge < -0.3 is 20.7 Å². The summed E-state index contributed by atoms with van der Waals surface area (Å²) in [6, 6.07) is 7.18. The van der Waals surface area contributed by atoms with Gasteiger partial charge in [0.25, 0.3) is 5.91 Å². The molecule has 0 spiro atoms. The van der Waals surface area contributed by atoms with Gasteiger partial charge in [-0.3, -0.25) is 19.5 Å². The van der Waals surface area contributed by atoms with E-state index in [4.69, 9.17) is 4.74 Å². The summed E-state index contributed by atoms with van der Waals surface area (Å²) in [6.45, 7) is 4.30. The number of Topliss-reactive ketones (excluding diaryl/α,β-unsaturated/α-hetero) is 1. The van der Waals surface area contributed by atoms with Gasteiger partial charge in [-0.15, -0.1) is 0 Å². The van der Waals surface area contributed by atoms with E-state index in [2.05, 4.69) is 26.1 Å². The topological polar surface area (TPSA) is 142 Å². The maximum absolute atomic E-state index is 13.2. The third-order valence-corrected chi connectivity index (χ3v) is 6.01. The maximum atomic E-state index is 13.2. The number of carbonyl (C=O) groups is 4. The zero-order valence-corrected chi connectivity index (χ0v) is 20.8. The molecule has 1 aliphatic heterocycles. The number of rotatable bonds is 7. The van der Waals surface area contributed by atoms with E-state index in [1.807, 2.05) is 44.2 Å². The van der Waals surface area contributed by atoms with E-state index in [0.717, 1.165) is 42.5 Å². The number of hydrogen-bond acceptors (Lipinski definition) is 6. The number of nitrogens with zero attached hydrogens (tertiary/aromatic N) is 1. The van der Waals surface area contributed by atoms with Gasteiger partial charge in [0.2, 0.25) is 11.7 Å². The van der Waals surface area contributed by atoms with Crippen LogP contribution in [0, 0.1) is 5.92 Å². The van der Waals surface area contributed by atoms with Crippen LogP contribution in [0.4, 0.5) is 4.79 Å². The van der Waals surface area contributed by atoms with Crippen LogP contribution in [0.5, 0.6) is 0 Å². The second kappa shape index (κ2) is 13.4. The van der Waals surface area contributed by atoms with E-state index in [9.17, 15) is 19.2 Å². The number of nitrogens with one attached hydrogen (secondary N) is 4. The van der Waals surface area contributed by atoms with E-state index in [1.54, 1.807) is 6.20 Å². The Balaban J connectivity index is 1.71. The average molecular weight is 498 g/mol. The largest absolute Gasteiger partial charge is 0.445 e. The van der Waals surface area contributed by atoms with Crippen molar-refractivity contribution in [3.63, 3.8) is 0 Å². The summed E-state index contributed by atoms with van der Waals surface area (Å²) in [5.74, 6) is -1.94. The van der Waals surface area contributed by atoms with Crippen molar-refractivity contribution in [3.8, 4) is 0 Å². The minimum absolute atomic E-state index is 0.0627. The highest BCUT2D eigenvalue weighted by atomic mass is 16.5. The number of carbonyl (C=O) groups excluding carboxylic acids is 4. The van der Waals surface area contributed by atoms with Crippen LogP contribution >= 0.6 is 0 Å². The van der Waals surface area contributed by atoms with Crippen molar-refractivity contribution in [2.24, 2.45) is 5.92 Å². The van der Waals surface area contributed by atoms with Crippen molar-refractivity contribution < 1.29 is 23.9 Å².